The normalized spacial score (nSPS) is 12.6. The van der Waals surface area contributed by atoms with Crippen LogP contribution >= 0.6 is 0 Å². The summed E-state index contributed by atoms with van der Waals surface area (Å²) in [4.78, 5) is 24.5. The zero-order valence-electron chi connectivity index (χ0n) is 13.0. The molecule has 114 valence electrons. The van der Waals surface area contributed by atoms with Gasteiger partial charge in [-0.15, -0.1) is 0 Å². The van der Waals surface area contributed by atoms with Crippen LogP contribution in [0.25, 0.3) is 10.9 Å². The van der Waals surface area contributed by atoms with Gasteiger partial charge in [0.1, 0.15) is 12.1 Å². The third-order valence-corrected chi connectivity index (χ3v) is 3.69. The molecular weight excluding hydrogens is 268 g/mol. The van der Waals surface area contributed by atoms with Crippen LogP contribution in [0.5, 0.6) is 0 Å². The molecule has 0 saturated heterocycles. The van der Waals surface area contributed by atoms with E-state index < -0.39 is 0 Å². The molecule has 0 aliphatic carbocycles. The molecule has 1 amide bonds. The number of rotatable bonds is 5. The fourth-order valence-electron chi connectivity index (χ4n) is 2.32. The summed E-state index contributed by atoms with van der Waals surface area (Å²) in [6, 6.07) is 1.96. The minimum Gasteiger partial charge on any atom is -0.352 e. The van der Waals surface area contributed by atoms with Crippen molar-refractivity contribution in [3.8, 4) is 0 Å². The number of nitrogens with zero attached hydrogens (tertiary/aromatic N) is 3. The van der Waals surface area contributed by atoms with Gasteiger partial charge < -0.3 is 9.88 Å². The maximum atomic E-state index is 12.5. The number of carbonyl (C=O) groups excluding carboxylic acids is 1. The lowest BCUT2D eigenvalue weighted by Gasteiger charge is -2.12. The van der Waals surface area contributed by atoms with E-state index in [4.69, 9.17) is 0 Å². The van der Waals surface area contributed by atoms with Crippen LogP contribution in [0.15, 0.2) is 17.1 Å². The molecule has 0 fully saturated rings. The molecule has 6 nitrogen and oxygen atoms in total. The number of amides is 1. The zero-order valence-corrected chi connectivity index (χ0v) is 13.0. The van der Waals surface area contributed by atoms with Crippen molar-refractivity contribution >= 4 is 16.8 Å². The fraction of sp³-hybridized carbons (Fsp3) is 0.533. The van der Waals surface area contributed by atoms with Crippen molar-refractivity contribution in [2.24, 2.45) is 0 Å². The van der Waals surface area contributed by atoms with E-state index in [1.165, 1.54) is 4.57 Å². The summed E-state index contributed by atoms with van der Waals surface area (Å²) in [5.74, 6) is -0.148. The van der Waals surface area contributed by atoms with Gasteiger partial charge in [0.25, 0.3) is 5.56 Å². The molecule has 0 aromatic carbocycles. The molecule has 21 heavy (non-hydrogen) atoms. The van der Waals surface area contributed by atoms with Gasteiger partial charge in [0, 0.05) is 24.2 Å². The summed E-state index contributed by atoms with van der Waals surface area (Å²) in [7, 11) is 0. The first-order chi connectivity index (χ1) is 9.97. The predicted molar refractivity (Wildman–Crippen MR) is 82.3 cm³/mol. The summed E-state index contributed by atoms with van der Waals surface area (Å²) in [6.45, 7) is 8.44. The summed E-state index contributed by atoms with van der Waals surface area (Å²) in [5.41, 5.74) is 1.23. The van der Waals surface area contributed by atoms with Gasteiger partial charge >= 0.3 is 0 Å². The molecule has 6 heteroatoms. The van der Waals surface area contributed by atoms with Crippen molar-refractivity contribution in [1.82, 2.24) is 19.7 Å². The summed E-state index contributed by atoms with van der Waals surface area (Å²) in [6.07, 6.45) is 2.52. The second kappa shape index (κ2) is 6.11. The molecule has 0 bridgehead atoms. The first kappa shape index (κ1) is 15.3. The minimum absolute atomic E-state index is 0.0348. The van der Waals surface area contributed by atoms with Gasteiger partial charge in [-0.25, -0.2) is 0 Å². The van der Waals surface area contributed by atoms with E-state index >= 15 is 0 Å². The Kier molecular flexibility index (Phi) is 4.45. The van der Waals surface area contributed by atoms with E-state index in [2.05, 4.69) is 10.4 Å². The summed E-state index contributed by atoms with van der Waals surface area (Å²) >= 11 is 0. The van der Waals surface area contributed by atoms with E-state index in [0.717, 1.165) is 17.5 Å². The molecule has 0 spiro atoms. The third-order valence-electron chi connectivity index (χ3n) is 3.69. The lowest BCUT2D eigenvalue weighted by molar-refractivity contribution is -0.122. The van der Waals surface area contributed by atoms with Gasteiger partial charge in [0.15, 0.2) is 0 Å². The van der Waals surface area contributed by atoms with Gasteiger partial charge in [-0.05, 0) is 33.3 Å². The van der Waals surface area contributed by atoms with Crippen molar-refractivity contribution in [2.75, 3.05) is 0 Å². The molecule has 0 aliphatic heterocycles. The average molecular weight is 290 g/mol. The molecule has 0 unspecified atom stereocenters. The Morgan fingerprint density at radius 1 is 1.43 bits per heavy atom. The molecule has 2 aromatic rings. The first-order valence-electron chi connectivity index (χ1n) is 7.33. The smallest absolute Gasteiger partial charge is 0.277 e. The van der Waals surface area contributed by atoms with Crippen LogP contribution < -0.4 is 10.9 Å². The number of pyridine rings is 1. The van der Waals surface area contributed by atoms with Crippen LogP contribution in [0.4, 0.5) is 0 Å². The monoisotopic (exact) mass is 290 g/mol. The SMILES string of the molecule is CC[C@H](C)NC(=O)Cn1ccc2c(C)nn(CC)c2c1=O. The number of aryl methyl sites for hydroxylation is 2. The van der Waals surface area contributed by atoms with Crippen molar-refractivity contribution in [3.63, 3.8) is 0 Å². The van der Waals surface area contributed by atoms with E-state index in [1.807, 2.05) is 33.8 Å². The highest BCUT2D eigenvalue weighted by atomic mass is 16.2. The van der Waals surface area contributed by atoms with E-state index in [-0.39, 0.29) is 24.1 Å². The molecule has 2 rings (SSSR count). The average Bonchev–Trinajstić information content (AvgIpc) is 2.79. The second-order valence-electron chi connectivity index (χ2n) is 5.29. The summed E-state index contributed by atoms with van der Waals surface area (Å²) < 4.78 is 3.13. The van der Waals surface area contributed by atoms with Crippen LogP contribution in [0.3, 0.4) is 0 Å². The molecule has 2 aromatic heterocycles. The van der Waals surface area contributed by atoms with Crippen molar-refractivity contribution < 1.29 is 4.79 Å². The number of aromatic nitrogens is 3. The first-order valence-corrected chi connectivity index (χ1v) is 7.33. The van der Waals surface area contributed by atoms with Crippen LogP contribution in [-0.2, 0) is 17.9 Å². The number of hydrogen-bond acceptors (Lipinski definition) is 3. The molecule has 1 atom stereocenters. The predicted octanol–water partition coefficient (Wildman–Crippen LogP) is 1.44. The second-order valence-corrected chi connectivity index (χ2v) is 5.29. The molecule has 0 radical (unpaired) electrons. The Morgan fingerprint density at radius 2 is 2.14 bits per heavy atom. The number of fused-ring (bicyclic) bond motifs is 1. The fourth-order valence-corrected chi connectivity index (χ4v) is 2.32. The topological polar surface area (TPSA) is 68.9 Å². The van der Waals surface area contributed by atoms with Crippen molar-refractivity contribution in [1.29, 1.82) is 0 Å². The minimum atomic E-state index is -0.172. The number of hydrogen-bond donors (Lipinski definition) is 1. The summed E-state index contributed by atoms with van der Waals surface area (Å²) in [5, 5.41) is 8.07. The van der Waals surface area contributed by atoms with Crippen molar-refractivity contribution in [3.05, 3.63) is 28.3 Å². The molecule has 0 saturated carbocycles. The lowest BCUT2D eigenvalue weighted by Crippen LogP contribution is -2.37. The maximum absolute atomic E-state index is 12.5. The molecule has 2 heterocycles. The van der Waals surface area contributed by atoms with Crippen molar-refractivity contribution in [2.45, 2.75) is 53.2 Å². The quantitative estimate of drug-likeness (QED) is 0.906. The van der Waals surface area contributed by atoms with E-state index in [1.54, 1.807) is 10.9 Å². The number of carbonyl (C=O) groups is 1. The standard InChI is InChI=1S/C15H22N4O2/c1-5-10(3)16-13(20)9-18-8-7-12-11(4)17-19(6-2)14(12)15(18)21/h7-8,10H,5-6,9H2,1-4H3,(H,16,20)/t10-/m0/s1. The van der Waals surface area contributed by atoms with Gasteiger partial charge in [-0.2, -0.15) is 5.10 Å². The largest absolute Gasteiger partial charge is 0.352 e. The highest BCUT2D eigenvalue weighted by molar-refractivity contribution is 5.81. The Labute approximate surface area is 123 Å². The van der Waals surface area contributed by atoms with Gasteiger partial charge in [-0.3, -0.25) is 14.3 Å². The Bertz CT molecular complexity index is 714. The molecular formula is C15H22N4O2. The van der Waals surface area contributed by atoms with Crippen LogP contribution in [-0.4, -0.2) is 26.3 Å². The van der Waals surface area contributed by atoms with Crippen LogP contribution in [0.1, 0.15) is 32.9 Å². The Hall–Kier alpha value is -2.11. The van der Waals surface area contributed by atoms with E-state index in [9.17, 15) is 9.59 Å². The highest BCUT2D eigenvalue weighted by Crippen LogP contribution is 2.13. The Balaban J connectivity index is 2.36. The lowest BCUT2D eigenvalue weighted by atomic mass is 10.2. The highest BCUT2D eigenvalue weighted by Gasteiger charge is 2.14. The number of nitrogens with one attached hydrogen (secondary N) is 1. The maximum Gasteiger partial charge on any atom is 0.277 e. The Morgan fingerprint density at radius 3 is 2.76 bits per heavy atom. The van der Waals surface area contributed by atoms with E-state index in [0.29, 0.717) is 12.1 Å². The molecule has 0 aliphatic rings. The zero-order chi connectivity index (χ0) is 15.6. The van der Waals surface area contributed by atoms with Gasteiger partial charge in [-0.1, -0.05) is 6.92 Å². The van der Waals surface area contributed by atoms with Gasteiger partial charge in [0.2, 0.25) is 5.91 Å². The van der Waals surface area contributed by atoms with Gasteiger partial charge in [0.05, 0.1) is 5.69 Å². The molecule has 1 N–H and O–H groups in total. The third kappa shape index (κ3) is 2.99. The van der Waals surface area contributed by atoms with Crippen LogP contribution in [0.2, 0.25) is 0 Å². The van der Waals surface area contributed by atoms with Crippen LogP contribution in [0, 0.1) is 6.92 Å².